The third-order valence-corrected chi connectivity index (χ3v) is 5.24. The monoisotopic (exact) mass is 373 g/mol. The second-order valence-corrected chi connectivity index (χ2v) is 7.35. The molecule has 0 fully saturated rings. The van der Waals surface area contributed by atoms with Gasteiger partial charge in [-0.15, -0.1) is 5.10 Å². The summed E-state index contributed by atoms with van der Waals surface area (Å²) in [5.41, 5.74) is 12.3. The SMILES string of the molecule is CC1=C(C(N)=O)C(c2cccc(C)c2)n2nc(-c3ccc(C)c(C)c3)nc2N1. The molecule has 0 saturated heterocycles. The molecule has 1 aliphatic heterocycles. The highest BCUT2D eigenvalue weighted by Crippen LogP contribution is 2.36. The van der Waals surface area contributed by atoms with Crippen LogP contribution in [0.1, 0.15) is 35.2 Å². The van der Waals surface area contributed by atoms with E-state index in [0.717, 1.165) is 16.7 Å². The number of hydrogen-bond donors (Lipinski definition) is 2. The average molecular weight is 373 g/mol. The van der Waals surface area contributed by atoms with Gasteiger partial charge < -0.3 is 11.1 Å². The zero-order valence-electron chi connectivity index (χ0n) is 16.4. The van der Waals surface area contributed by atoms with Gasteiger partial charge in [0.05, 0.1) is 5.57 Å². The third kappa shape index (κ3) is 2.97. The van der Waals surface area contributed by atoms with Crippen molar-refractivity contribution in [3.8, 4) is 11.4 Å². The maximum absolute atomic E-state index is 12.3. The van der Waals surface area contributed by atoms with Crippen LogP contribution in [-0.4, -0.2) is 20.7 Å². The molecule has 3 N–H and O–H groups in total. The van der Waals surface area contributed by atoms with E-state index in [0.29, 0.717) is 23.0 Å². The maximum atomic E-state index is 12.3. The van der Waals surface area contributed by atoms with Gasteiger partial charge in [0.1, 0.15) is 6.04 Å². The Labute approximate surface area is 164 Å². The number of primary amides is 1. The minimum Gasteiger partial charge on any atom is -0.366 e. The van der Waals surface area contributed by atoms with Gasteiger partial charge in [0, 0.05) is 11.3 Å². The molecule has 6 heteroatoms. The van der Waals surface area contributed by atoms with E-state index in [-0.39, 0.29) is 0 Å². The van der Waals surface area contributed by atoms with Gasteiger partial charge in [0.2, 0.25) is 11.9 Å². The van der Waals surface area contributed by atoms with E-state index < -0.39 is 11.9 Å². The fraction of sp³-hybridized carbons (Fsp3) is 0.227. The molecule has 1 aromatic heterocycles. The lowest BCUT2D eigenvalue weighted by Gasteiger charge is -2.27. The molecular weight excluding hydrogens is 350 g/mol. The van der Waals surface area contributed by atoms with Crippen LogP contribution in [0.25, 0.3) is 11.4 Å². The number of allylic oxidation sites excluding steroid dienone is 1. The fourth-order valence-electron chi connectivity index (χ4n) is 3.62. The van der Waals surface area contributed by atoms with Crippen molar-refractivity contribution in [2.24, 2.45) is 5.73 Å². The highest BCUT2D eigenvalue weighted by molar-refractivity contribution is 5.95. The van der Waals surface area contributed by atoms with E-state index in [4.69, 9.17) is 10.8 Å². The van der Waals surface area contributed by atoms with Crippen LogP contribution in [0, 0.1) is 20.8 Å². The standard InChI is InChI=1S/C22H23N5O/c1-12-6-5-7-16(10-12)19-18(20(23)28)15(4)24-22-25-21(26-27(19)22)17-9-8-13(2)14(3)11-17/h5-11,19H,1-4H3,(H2,23,28)(H,24,25,26). The molecule has 2 heterocycles. The number of amides is 1. The summed E-state index contributed by atoms with van der Waals surface area (Å²) >= 11 is 0. The van der Waals surface area contributed by atoms with Crippen molar-refractivity contribution in [1.29, 1.82) is 0 Å². The zero-order valence-corrected chi connectivity index (χ0v) is 16.4. The predicted molar refractivity (Wildman–Crippen MR) is 110 cm³/mol. The van der Waals surface area contributed by atoms with Crippen LogP contribution >= 0.6 is 0 Å². The molecule has 6 nitrogen and oxygen atoms in total. The molecule has 3 aromatic rings. The first-order chi connectivity index (χ1) is 13.3. The highest BCUT2D eigenvalue weighted by atomic mass is 16.1. The molecule has 2 aromatic carbocycles. The summed E-state index contributed by atoms with van der Waals surface area (Å²) in [7, 11) is 0. The lowest BCUT2D eigenvalue weighted by Crippen LogP contribution is -2.31. The summed E-state index contributed by atoms with van der Waals surface area (Å²) in [6.07, 6.45) is 0. The van der Waals surface area contributed by atoms with Crippen LogP contribution in [-0.2, 0) is 4.79 Å². The first-order valence-electron chi connectivity index (χ1n) is 9.23. The molecule has 142 valence electrons. The van der Waals surface area contributed by atoms with Gasteiger partial charge in [-0.05, 0) is 50.5 Å². The Balaban J connectivity index is 1.89. The second-order valence-electron chi connectivity index (χ2n) is 7.35. The van der Waals surface area contributed by atoms with Crippen LogP contribution in [0.3, 0.4) is 0 Å². The van der Waals surface area contributed by atoms with Crippen LogP contribution in [0.4, 0.5) is 5.95 Å². The van der Waals surface area contributed by atoms with E-state index in [1.165, 1.54) is 11.1 Å². The van der Waals surface area contributed by atoms with Crippen LogP contribution < -0.4 is 11.1 Å². The summed E-state index contributed by atoms with van der Waals surface area (Å²) in [6.45, 7) is 8.01. The number of nitrogens with one attached hydrogen (secondary N) is 1. The molecule has 1 amide bonds. The Morgan fingerprint density at radius 3 is 2.54 bits per heavy atom. The Morgan fingerprint density at radius 2 is 1.86 bits per heavy atom. The van der Waals surface area contributed by atoms with Gasteiger partial charge in [-0.1, -0.05) is 42.0 Å². The Morgan fingerprint density at radius 1 is 1.07 bits per heavy atom. The molecule has 1 unspecified atom stereocenters. The van der Waals surface area contributed by atoms with Gasteiger partial charge in [0.15, 0.2) is 5.82 Å². The number of aromatic nitrogens is 3. The van der Waals surface area contributed by atoms with Crippen molar-refractivity contribution < 1.29 is 4.79 Å². The van der Waals surface area contributed by atoms with Gasteiger partial charge in [-0.25, -0.2) is 4.68 Å². The quantitative estimate of drug-likeness (QED) is 0.734. The van der Waals surface area contributed by atoms with E-state index in [1.807, 2.05) is 44.2 Å². The number of carbonyl (C=O) groups is 1. The lowest BCUT2D eigenvalue weighted by molar-refractivity contribution is -0.115. The summed E-state index contributed by atoms with van der Waals surface area (Å²) in [6, 6.07) is 13.8. The Hall–Kier alpha value is -3.41. The maximum Gasteiger partial charge on any atom is 0.248 e. The van der Waals surface area contributed by atoms with Crippen molar-refractivity contribution in [2.75, 3.05) is 5.32 Å². The topological polar surface area (TPSA) is 85.8 Å². The number of fused-ring (bicyclic) bond motifs is 1. The lowest BCUT2D eigenvalue weighted by atomic mass is 9.94. The Kier molecular flexibility index (Phi) is 4.26. The summed E-state index contributed by atoms with van der Waals surface area (Å²) in [4.78, 5) is 17.0. The van der Waals surface area contributed by atoms with Gasteiger partial charge in [0.25, 0.3) is 0 Å². The minimum atomic E-state index is -0.467. The largest absolute Gasteiger partial charge is 0.366 e. The molecule has 1 aliphatic rings. The molecule has 0 spiro atoms. The average Bonchev–Trinajstić information content (AvgIpc) is 3.06. The van der Waals surface area contributed by atoms with Gasteiger partial charge in [-0.2, -0.15) is 4.98 Å². The normalized spacial score (nSPS) is 15.9. The number of hydrogen-bond acceptors (Lipinski definition) is 4. The summed E-state index contributed by atoms with van der Waals surface area (Å²) in [5, 5.41) is 7.94. The first-order valence-corrected chi connectivity index (χ1v) is 9.23. The number of carbonyl (C=O) groups excluding carboxylic acids is 1. The molecule has 4 rings (SSSR count). The Bertz CT molecular complexity index is 1130. The fourth-order valence-corrected chi connectivity index (χ4v) is 3.62. The van der Waals surface area contributed by atoms with Crippen molar-refractivity contribution in [2.45, 2.75) is 33.7 Å². The van der Waals surface area contributed by atoms with E-state index in [9.17, 15) is 4.79 Å². The number of benzene rings is 2. The molecule has 0 saturated carbocycles. The third-order valence-electron chi connectivity index (χ3n) is 5.24. The van der Waals surface area contributed by atoms with Crippen molar-refractivity contribution in [3.05, 3.63) is 76.0 Å². The smallest absolute Gasteiger partial charge is 0.248 e. The number of nitrogens with two attached hydrogens (primary N) is 1. The molecule has 1 atom stereocenters. The second kappa shape index (κ2) is 6.64. The van der Waals surface area contributed by atoms with Crippen molar-refractivity contribution >= 4 is 11.9 Å². The molecule has 0 aliphatic carbocycles. The van der Waals surface area contributed by atoms with E-state index in [1.54, 1.807) is 4.68 Å². The van der Waals surface area contributed by atoms with Crippen LogP contribution in [0.5, 0.6) is 0 Å². The molecule has 0 radical (unpaired) electrons. The zero-order chi connectivity index (χ0) is 20.0. The van der Waals surface area contributed by atoms with Gasteiger partial charge in [-0.3, -0.25) is 4.79 Å². The number of nitrogens with zero attached hydrogens (tertiary/aromatic N) is 3. The predicted octanol–water partition coefficient (Wildman–Crippen LogP) is 3.64. The number of rotatable bonds is 3. The van der Waals surface area contributed by atoms with E-state index in [2.05, 4.69) is 36.3 Å². The summed E-state index contributed by atoms with van der Waals surface area (Å²) < 4.78 is 1.76. The van der Waals surface area contributed by atoms with Gasteiger partial charge >= 0.3 is 0 Å². The molecule has 28 heavy (non-hydrogen) atoms. The first kappa shape index (κ1) is 18.0. The number of anilines is 1. The van der Waals surface area contributed by atoms with Crippen molar-refractivity contribution in [3.63, 3.8) is 0 Å². The van der Waals surface area contributed by atoms with Crippen LogP contribution in [0.2, 0.25) is 0 Å². The number of aryl methyl sites for hydroxylation is 3. The minimum absolute atomic E-state index is 0.415. The van der Waals surface area contributed by atoms with E-state index >= 15 is 0 Å². The molecular formula is C22H23N5O. The molecule has 0 bridgehead atoms. The highest BCUT2D eigenvalue weighted by Gasteiger charge is 2.33. The van der Waals surface area contributed by atoms with Crippen LogP contribution in [0.15, 0.2) is 53.7 Å². The van der Waals surface area contributed by atoms with Crippen molar-refractivity contribution in [1.82, 2.24) is 14.8 Å². The summed E-state index contributed by atoms with van der Waals surface area (Å²) in [5.74, 6) is 0.745.